The van der Waals surface area contributed by atoms with Gasteiger partial charge in [0.05, 0.1) is 6.20 Å². The molecule has 6 heteroatoms. The summed E-state index contributed by atoms with van der Waals surface area (Å²) in [6.07, 6.45) is 2.59. The SMILES string of the molecule is CC1CN(C)CCCN1C(=O)c1cnc(N)s1. The molecule has 0 bridgehead atoms. The lowest BCUT2D eigenvalue weighted by Crippen LogP contribution is -2.41. The van der Waals surface area contributed by atoms with Gasteiger partial charge in [0, 0.05) is 19.1 Å². The van der Waals surface area contributed by atoms with E-state index < -0.39 is 0 Å². The molecule has 2 N–H and O–H groups in total. The number of anilines is 1. The molecule has 0 radical (unpaired) electrons. The van der Waals surface area contributed by atoms with Gasteiger partial charge in [0.1, 0.15) is 4.88 Å². The summed E-state index contributed by atoms with van der Waals surface area (Å²) in [7, 11) is 2.09. The van der Waals surface area contributed by atoms with E-state index in [0.29, 0.717) is 10.0 Å². The largest absolute Gasteiger partial charge is 0.375 e. The highest BCUT2D eigenvalue weighted by Crippen LogP contribution is 2.19. The highest BCUT2D eigenvalue weighted by atomic mass is 32.1. The first kappa shape index (κ1) is 12.3. The summed E-state index contributed by atoms with van der Waals surface area (Å²) < 4.78 is 0. The first-order valence-electron chi connectivity index (χ1n) is 5.78. The zero-order valence-corrected chi connectivity index (χ0v) is 11.0. The van der Waals surface area contributed by atoms with Crippen LogP contribution in [-0.4, -0.2) is 53.4 Å². The first-order chi connectivity index (χ1) is 8.08. The van der Waals surface area contributed by atoms with Gasteiger partial charge in [-0.25, -0.2) is 4.98 Å². The topological polar surface area (TPSA) is 62.5 Å². The third-order valence-electron chi connectivity index (χ3n) is 3.04. The second kappa shape index (κ2) is 5.01. The maximum atomic E-state index is 12.3. The van der Waals surface area contributed by atoms with Crippen LogP contribution in [0.3, 0.4) is 0 Å². The quantitative estimate of drug-likeness (QED) is 0.808. The van der Waals surface area contributed by atoms with Crippen LogP contribution in [0.25, 0.3) is 0 Å². The Hall–Kier alpha value is -1.14. The molecule has 1 saturated heterocycles. The molecule has 94 valence electrons. The molecule has 1 aromatic rings. The lowest BCUT2D eigenvalue weighted by atomic mass is 10.2. The maximum Gasteiger partial charge on any atom is 0.265 e. The normalized spacial score (nSPS) is 22.5. The molecule has 17 heavy (non-hydrogen) atoms. The van der Waals surface area contributed by atoms with Crippen LogP contribution in [0.4, 0.5) is 5.13 Å². The van der Waals surface area contributed by atoms with Crippen LogP contribution in [0.15, 0.2) is 6.20 Å². The molecule has 1 amide bonds. The van der Waals surface area contributed by atoms with Crippen LogP contribution in [0.5, 0.6) is 0 Å². The molecular formula is C11H18N4OS. The number of nitrogens with two attached hydrogens (primary N) is 1. The first-order valence-corrected chi connectivity index (χ1v) is 6.60. The predicted molar refractivity (Wildman–Crippen MR) is 69.1 cm³/mol. The fourth-order valence-corrected chi connectivity index (χ4v) is 2.84. The lowest BCUT2D eigenvalue weighted by molar-refractivity contribution is 0.0701. The zero-order chi connectivity index (χ0) is 12.4. The van der Waals surface area contributed by atoms with Crippen LogP contribution in [0, 0.1) is 0 Å². The number of likely N-dealkylation sites (N-methyl/N-ethyl adjacent to an activating group) is 1. The standard InChI is InChI=1S/C11H18N4OS/c1-8-7-14(2)4-3-5-15(8)10(16)9-6-13-11(12)17-9/h6,8H,3-5,7H2,1-2H3,(H2,12,13). The van der Waals surface area contributed by atoms with Gasteiger partial charge in [-0.2, -0.15) is 0 Å². The van der Waals surface area contributed by atoms with Gasteiger partial charge in [0.2, 0.25) is 0 Å². The van der Waals surface area contributed by atoms with E-state index in [1.165, 1.54) is 11.3 Å². The monoisotopic (exact) mass is 254 g/mol. The van der Waals surface area contributed by atoms with Crippen molar-refractivity contribution in [1.29, 1.82) is 0 Å². The lowest BCUT2D eigenvalue weighted by Gasteiger charge is -2.27. The smallest absolute Gasteiger partial charge is 0.265 e. The van der Waals surface area contributed by atoms with E-state index in [0.717, 1.165) is 26.1 Å². The Labute approximate surface area is 105 Å². The van der Waals surface area contributed by atoms with Gasteiger partial charge >= 0.3 is 0 Å². The Kier molecular flexibility index (Phi) is 3.63. The number of hydrogen-bond acceptors (Lipinski definition) is 5. The number of nitrogens with zero attached hydrogens (tertiary/aromatic N) is 3. The number of rotatable bonds is 1. The van der Waals surface area contributed by atoms with Gasteiger partial charge in [-0.3, -0.25) is 4.79 Å². The van der Waals surface area contributed by atoms with Crippen LogP contribution >= 0.6 is 11.3 Å². The third-order valence-corrected chi connectivity index (χ3v) is 3.86. The van der Waals surface area contributed by atoms with Crippen molar-refractivity contribution in [3.05, 3.63) is 11.1 Å². The Bertz CT molecular complexity index is 406. The van der Waals surface area contributed by atoms with E-state index in [2.05, 4.69) is 23.9 Å². The molecule has 1 aromatic heterocycles. The van der Waals surface area contributed by atoms with Crippen molar-refractivity contribution >= 4 is 22.4 Å². The Balaban J connectivity index is 2.12. The Morgan fingerprint density at radius 2 is 2.35 bits per heavy atom. The average Bonchev–Trinajstić information content (AvgIpc) is 2.62. The van der Waals surface area contributed by atoms with E-state index in [4.69, 9.17) is 5.73 Å². The number of carbonyl (C=O) groups is 1. The summed E-state index contributed by atoms with van der Waals surface area (Å²) in [6, 6.07) is 0.235. The molecule has 5 nitrogen and oxygen atoms in total. The molecule has 0 spiro atoms. The van der Waals surface area contributed by atoms with E-state index in [1.807, 2.05) is 4.90 Å². The minimum atomic E-state index is 0.0574. The summed E-state index contributed by atoms with van der Waals surface area (Å²) in [5.41, 5.74) is 5.56. The van der Waals surface area contributed by atoms with Crippen LogP contribution < -0.4 is 5.73 Å². The van der Waals surface area contributed by atoms with Crippen LogP contribution in [-0.2, 0) is 0 Å². The summed E-state index contributed by atoms with van der Waals surface area (Å²) >= 11 is 1.26. The van der Waals surface area contributed by atoms with Gasteiger partial charge < -0.3 is 15.5 Å². The molecule has 2 heterocycles. The Morgan fingerprint density at radius 3 is 3.00 bits per heavy atom. The highest BCUT2D eigenvalue weighted by Gasteiger charge is 2.25. The van der Waals surface area contributed by atoms with Gasteiger partial charge in [0.15, 0.2) is 5.13 Å². The van der Waals surface area contributed by atoms with Crippen molar-refractivity contribution in [1.82, 2.24) is 14.8 Å². The van der Waals surface area contributed by atoms with Crippen molar-refractivity contribution in [2.24, 2.45) is 0 Å². The number of thiazole rings is 1. The molecule has 2 rings (SSSR count). The second-order valence-corrected chi connectivity index (χ2v) is 5.59. The maximum absolute atomic E-state index is 12.3. The molecular weight excluding hydrogens is 236 g/mol. The zero-order valence-electron chi connectivity index (χ0n) is 10.2. The number of nitrogen functional groups attached to an aromatic ring is 1. The highest BCUT2D eigenvalue weighted by molar-refractivity contribution is 7.17. The summed E-state index contributed by atoms with van der Waals surface area (Å²) in [5.74, 6) is 0.0574. The predicted octanol–water partition coefficient (Wildman–Crippen LogP) is 0.891. The molecule has 1 atom stereocenters. The molecule has 1 unspecified atom stereocenters. The van der Waals surface area contributed by atoms with E-state index in [-0.39, 0.29) is 11.9 Å². The summed E-state index contributed by atoms with van der Waals surface area (Å²) in [4.78, 5) is 21.1. The molecule has 1 aliphatic rings. The third kappa shape index (κ3) is 2.76. The number of amides is 1. The van der Waals surface area contributed by atoms with Gasteiger partial charge in [0.25, 0.3) is 5.91 Å². The fourth-order valence-electron chi connectivity index (χ4n) is 2.20. The molecule has 0 aromatic carbocycles. The van der Waals surface area contributed by atoms with Gasteiger partial charge in [-0.15, -0.1) is 0 Å². The van der Waals surface area contributed by atoms with Crippen molar-refractivity contribution < 1.29 is 4.79 Å². The van der Waals surface area contributed by atoms with Gasteiger partial charge in [-0.1, -0.05) is 11.3 Å². The summed E-state index contributed by atoms with van der Waals surface area (Å²) in [6.45, 7) is 4.85. The fraction of sp³-hybridized carbons (Fsp3) is 0.636. The number of carbonyl (C=O) groups excluding carboxylic acids is 1. The molecule has 0 aliphatic carbocycles. The minimum Gasteiger partial charge on any atom is -0.375 e. The number of hydrogen-bond donors (Lipinski definition) is 1. The molecule has 1 aliphatic heterocycles. The van der Waals surface area contributed by atoms with Crippen molar-refractivity contribution in [3.63, 3.8) is 0 Å². The molecule has 1 fully saturated rings. The van der Waals surface area contributed by atoms with Crippen molar-refractivity contribution in [2.75, 3.05) is 32.4 Å². The second-order valence-electron chi connectivity index (χ2n) is 4.53. The van der Waals surface area contributed by atoms with Gasteiger partial charge in [-0.05, 0) is 26.9 Å². The van der Waals surface area contributed by atoms with E-state index in [1.54, 1.807) is 6.20 Å². The van der Waals surface area contributed by atoms with Crippen LogP contribution in [0.1, 0.15) is 23.0 Å². The van der Waals surface area contributed by atoms with Crippen molar-refractivity contribution in [3.8, 4) is 0 Å². The van der Waals surface area contributed by atoms with E-state index in [9.17, 15) is 4.79 Å². The van der Waals surface area contributed by atoms with Crippen LogP contribution in [0.2, 0.25) is 0 Å². The van der Waals surface area contributed by atoms with Crippen molar-refractivity contribution in [2.45, 2.75) is 19.4 Å². The average molecular weight is 254 g/mol. The van der Waals surface area contributed by atoms with E-state index >= 15 is 0 Å². The Morgan fingerprint density at radius 1 is 1.59 bits per heavy atom. The minimum absolute atomic E-state index is 0.0574. The number of aromatic nitrogens is 1. The summed E-state index contributed by atoms with van der Waals surface area (Å²) in [5, 5.41) is 0.452. The molecule has 0 saturated carbocycles.